The van der Waals surface area contributed by atoms with Crippen LogP contribution in [0.4, 0.5) is 0 Å². The summed E-state index contributed by atoms with van der Waals surface area (Å²) in [6.45, 7) is 2.19. The molecule has 0 saturated heterocycles. The van der Waals surface area contributed by atoms with Gasteiger partial charge in [-0.25, -0.2) is 0 Å². The Balaban J connectivity index is 1.99. The fraction of sp³-hybridized carbons (Fsp3) is 0.167. The SMILES string of the molecule is CCC1=CC(c2ccccc2)N=C1c1ccccc1. The first-order valence-electron chi connectivity index (χ1n) is 6.77. The van der Waals surface area contributed by atoms with E-state index in [1.165, 1.54) is 16.7 Å². The average molecular weight is 247 g/mol. The highest BCUT2D eigenvalue weighted by Crippen LogP contribution is 2.30. The molecular weight excluding hydrogens is 230 g/mol. The average Bonchev–Trinajstić information content (AvgIpc) is 2.93. The van der Waals surface area contributed by atoms with Crippen molar-refractivity contribution in [2.75, 3.05) is 0 Å². The Hall–Kier alpha value is -2.15. The van der Waals surface area contributed by atoms with Crippen molar-refractivity contribution in [2.24, 2.45) is 4.99 Å². The minimum atomic E-state index is 0.173. The van der Waals surface area contributed by atoms with Gasteiger partial charge < -0.3 is 0 Å². The van der Waals surface area contributed by atoms with Crippen LogP contribution in [0.2, 0.25) is 0 Å². The van der Waals surface area contributed by atoms with E-state index >= 15 is 0 Å². The molecular formula is C18H17N. The first-order chi connectivity index (χ1) is 9.38. The highest BCUT2D eigenvalue weighted by atomic mass is 14.8. The zero-order valence-electron chi connectivity index (χ0n) is 11.1. The molecule has 1 unspecified atom stereocenters. The molecule has 0 bridgehead atoms. The summed E-state index contributed by atoms with van der Waals surface area (Å²) in [5, 5.41) is 0. The van der Waals surface area contributed by atoms with Crippen LogP contribution in [0.5, 0.6) is 0 Å². The minimum absolute atomic E-state index is 0.173. The van der Waals surface area contributed by atoms with Gasteiger partial charge in [0.2, 0.25) is 0 Å². The van der Waals surface area contributed by atoms with Crippen molar-refractivity contribution in [3.8, 4) is 0 Å². The van der Waals surface area contributed by atoms with Crippen molar-refractivity contribution >= 4 is 5.71 Å². The maximum absolute atomic E-state index is 4.90. The van der Waals surface area contributed by atoms with E-state index in [4.69, 9.17) is 4.99 Å². The van der Waals surface area contributed by atoms with Crippen LogP contribution in [-0.4, -0.2) is 5.71 Å². The molecule has 0 N–H and O–H groups in total. The van der Waals surface area contributed by atoms with Crippen LogP contribution in [0.1, 0.15) is 30.5 Å². The quantitative estimate of drug-likeness (QED) is 0.753. The van der Waals surface area contributed by atoms with Crippen molar-refractivity contribution in [3.63, 3.8) is 0 Å². The van der Waals surface area contributed by atoms with Gasteiger partial charge in [-0.3, -0.25) is 4.99 Å². The van der Waals surface area contributed by atoms with E-state index in [0.717, 1.165) is 12.1 Å². The minimum Gasteiger partial charge on any atom is -0.272 e. The molecule has 0 radical (unpaired) electrons. The van der Waals surface area contributed by atoms with Gasteiger partial charge in [0.25, 0.3) is 0 Å². The molecule has 3 rings (SSSR count). The van der Waals surface area contributed by atoms with Crippen LogP contribution >= 0.6 is 0 Å². The van der Waals surface area contributed by atoms with Gasteiger partial charge in [-0.1, -0.05) is 73.7 Å². The van der Waals surface area contributed by atoms with Crippen LogP contribution in [0.15, 0.2) is 77.3 Å². The van der Waals surface area contributed by atoms with E-state index in [9.17, 15) is 0 Å². The molecule has 19 heavy (non-hydrogen) atoms. The van der Waals surface area contributed by atoms with Crippen molar-refractivity contribution in [1.29, 1.82) is 0 Å². The smallest absolute Gasteiger partial charge is 0.0944 e. The number of hydrogen-bond acceptors (Lipinski definition) is 1. The lowest BCUT2D eigenvalue weighted by molar-refractivity contribution is 0.929. The summed E-state index contributed by atoms with van der Waals surface area (Å²) in [6, 6.07) is 21.1. The molecule has 0 aromatic heterocycles. The number of hydrogen-bond donors (Lipinski definition) is 0. The lowest BCUT2D eigenvalue weighted by Crippen LogP contribution is -2.00. The van der Waals surface area contributed by atoms with Crippen molar-refractivity contribution < 1.29 is 0 Å². The Morgan fingerprint density at radius 1 is 0.895 bits per heavy atom. The molecule has 0 saturated carbocycles. The predicted octanol–water partition coefficient (Wildman–Crippen LogP) is 4.57. The Bertz CT molecular complexity index is 609. The van der Waals surface area contributed by atoms with Gasteiger partial charge in [0.1, 0.15) is 0 Å². The number of rotatable bonds is 3. The number of nitrogens with zero attached hydrogens (tertiary/aromatic N) is 1. The van der Waals surface area contributed by atoms with Crippen LogP contribution in [0.25, 0.3) is 0 Å². The summed E-state index contributed by atoms with van der Waals surface area (Å²) in [5.74, 6) is 0. The van der Waals surface area contributed by atoms with E-state index in [2.05, 4.69) is 61.5 Å². The lowest BCUT2D eigenvalue weighted by Gasteiger charge is -2.05. The highest BCUT2D eigenvalue weighted by Gasteiger charge is 2.20. The van der Waals surface area contributed by atoms with Crippen LogP contribution in [0, 0.1) is 0 Å². The number of benzene rings is 2. The van der Waals surface area contributed by atoms with Gasteiger partial charge in [-0.2, -0.15) is 0 Å². The summed E-state index contributed by atoms with van der Waals surface area (Å²) in [4.78, 5) is 4.90. The molecule has 1 heterocycles. The van der Waals surface area contributed by atoms with Crippen molar-refractivity contribution in [3.05, 3.63) is 83.4 Å². The zero-order chi connectivity index (χ0) is 13.1. The van der Waals surface area contributed by atoms with Crippen LogP contribution in [-0.2, 0) is 0 Å². The maximum Gasteiger partial charge on any atom is 0.0944 e. The first-order valence-corrected chi connectivity index (χ1v) is 6.77. The van der Waals surface area contributed by atoms with Gasteiger partial charge in [0.15, 0.2) is 0 Å². The molecule has 1 aliphatic rings. The normalized spacial score (nSPS) is 18.1. The molecule has 0 amide bonds. The van der Waals surface area contributed by atoms with E-state index < -0.39 is 0 Å². The van der Waals surface area contributed by atoms with E-state index in [1.54, 1.807) is 0 Å². The highest BCUT2D eigenvalue weighted by molar-refractivity contribution is 6.14. The molecule has 0 fully saturated rings. The fourth-order valence-electron chi connectivity index (χ4n) is 2.49. The summed E-state index contributed by atoms with van der Waals surface area (Å²) in [7, 11) is 0. The number of aliphatic imine (C=N–C) groups is 1. The topological polar surface area (TPSA) is 12.4 Å². The zero-order valence-corrected chi connectivity index (χ0v) is 11.1. The second-order valence-corrected chi connectivity index (χ2v) is 4.74. The van der Waals surface area contributed by atoms with Gasteiger partial charge >= 0.3 is 0 Å². The largest absolute Gasteiger partial charge is 0.272 e. The third kappa shape index (κ3) is 2.37. The summed E-state index contributed by atoms with van der Waals surface area (Å²) in [6.07, 6.45) is 3.31. The Morgan fingerprint density at radius 3 is 2.16 bits per heavy atom. The monoisotopic (exact) mass is 247 g/mol. The standard InChI is InChI=1S/C18H17N/c1-2-14-13-17(15-9-5-3-6-10-15)19-18(14)16-11-7-4-8-12-16/h3-13,17H,2H2,1H3. The molecule has 2 aromatic rings. The first kappa shape index (κ1) is 11.9. The Labute approximate surface area is 114 Å². The second-order valence-electron chi connectivity index (χ2n) is 4.74. The molecule has 1 heteroatoms. The summed E-state index contributed by atoms with van der Waals surface area (Å²) in [5.41, 5.74) is 4.98. The molecule has 1 nitrogen and oxygen atoms in total. The predicted molar refractivity (Wildman–Crippen MR) is 80.5 cm³/mol. The second kappa shape index (κ2) is 5.23. The van der Waals surface area contributed by atoms with Gasteiger partial charge in [-0.15, -0.1) is 0 Å². The van der Waals surface area contributed by atoms with Gasteiger partial charge in [0, 0.05) is 0 Å². The number of allylic oxidation sites excluding steroid dienone is 1. The van der Waals surface area contributed by atoms with E-state index in [-0.39, 0.29) is 6.04 Å². The molecule has 1 atom stereocenters. The van der Waals surface area contributed by atoms with Gasteiger partial charge in [-0.05, 0) is 23.1 Å². The Kier molecular flexibility index (Phi) is 3.28. The molecule has 1 aliphatic heterocycles. The molecule has 0 aliphatic carbocycles. The summed E-state index contributed by atoms with van der Waals surface area (Å²) < 4.78 is 0. The molecule has 94 valence electrons. The van der Waals surface area contributed by atoms with E-state index in [0.29, 0.717) is 0 Å². The third-order valence-corrected chi connectivity index (χ3v) is 3.50. The summed E-state index contributed by atoms with van der Waals surface area (Å²) >= 11 is 0. The maximum atomic E-state index is 4.90. The van der Waals surface area contributed by atoms with Gasteiger partial charge in [0.05, 0.1) is 11.8 Å². The van der Waals surface area contributed by atoms with E-state index in [1.807, 2.05) is 12.1 Å². The van der Waals surface area contributed by atoms with Crippen LogP contribution in [0.3, 0.4) is 0 Å². The fourth-order valence-corrected chi connectivity index (χ4v) is 2.49. The van der Waals surface area contributed by atoms with Crippen molar-refractivity contribution in [1.82, 2.24) is 0 Å². The molecule has 2 aromatic carbocycles. The molecule has 0 spiro atoms. The Morgan fingerprint density at radius 2 is 1.53 bits per heavy atom. The van der Waals surface area contributed by atoms with Crippen LogP contribution < -0.4 is 0 Å². The van der Waals surface area contributed by atoms with Crippen molar-refractivity contribution in [2.45, 2.75) is 19.4 Å². The third-order valence-electron chi connectivity index (χ3n) is 3.50. The lowest BCUT2D eigenvalue weighted by atomic mass is 10.0.